The molecule has 0 aromatic carbocycles. The van der Waals surface area contributed by atoms with E-state index < -0.39 is 6.10 Å². The van der Waals surface area contributed by atoms with Gasteiger partial charge in [0.1, 0.15) is 13.2 Å². The van der Waals surface area contributed by atoms with Crippen LogP contribution in [0.25, 0.3) is 0 Å². The summed E-state index contributed by atoms with van der Waals surface area (Å²) in [7, 11) is 0. The first-order valence-electron chi connectivity index (χ1n) is 28.2. The Morgan fingerprint density at radius 2 is 0.574 bits per heavy atom. The van der Waals surface area contributed by atoms with Gasteiger partial charge in [0.05, 0.1) is 0 Å². The van der Waals surface area contributed by atoms with Crippen molar-refractivity contribution in [1.29, 1.82) is 0 Å². The molecule has 6 heteroatoms. The number of hydrogen-bond donors (Lipinski definition) is 0. The van der Waals surface area contributed by atoms with Crippen LogP contribution in [0.2, 0.25) is 0 Å². The van der Waals surface area contributed by atoms with E-state index >= 15 is 0 Å². The van der Waals surface area contributed by atoms with Crippen molar-refractivity contribution < 1.29 is 28.6 Å². The number of esters is 3. The molecule has 0 saturated carbocycles. The lowest BCUT2D eigenvalue weighted by atomic mass is 10.0. The fraction of sp³-hybridized carbons (Fsp3) is 0.694. The summed E-state index contributed by atoms with van der Waals surface area (Å²) in [4.78, 5) is 38.0. The SMILES string of the molecule is CC/C=C\C/C=C\C/C=C\C/C=C\CCCCCCCCCCCCCCC(=O)OCC(COC(=O)CCCCCCCCCCCC)OC(=O)CCCC/C=C\C/C=C\C/C=C\C/C=C\CC. The first kappa shape index (κ1) is 64.3. The van der Waals surface area contributed by atoms with E-state index in [4.69, 9.17) is 14.2 Å². The summed E-state index contributed by atoms with van der Waals surface area (Å²) in [6.45, 7) is 6.37. The highest BCUT2D eigenvalue weighted by Gasteiger charge is 2.19. The zero-order valence-electron chi connectivity index (χ0n) is 44.3. The van der Waals surface area contributed by atoms with Crippen molar-refractivity contribution in [3.8, 4) is 0 Å². The van der Waals surface area contributed by atoms with Gasteiger partial charge in [-0.15, -0.1) is 0 Å². The van der Waals surface area contributed by atoms with Gasteiger partial charge in [0.15, 0.2) is 6.10 Å². The molecule has 0 aromatic heterocycles. The molecule has 0 aliphatic carbocycles. The molecule has 0 aliphatic rings. The largest absolute Gasteiger partial charge is 0.462 e. The van der Waals surface area contributed by atoms with Crippen molar-refractivity contribution in [2.75, 3.05) is 13.2 Å². The highest BCUT2D eigenvalue weighted by molar-refractivity contribution is 5.71. The van der Waals surface area contributed by atoms with Gasteiger partial charge in [0.2, 0.25) is 0 Å². The molecule has 0 spiro atoms. The first-order valence-corrected chi connectivity index (χ1v) is 28.2. The number of carbonyl (C=O) groups is 3. The monoisotopic (exact) mass is 945 g/mol. The van der Waals surface area contributed by atoms with Gasteiger partial charge in [-0.1, -0.05) is 240 Å². The smallest absolute Gasteiger partial charge is 0.306 e. The molecule has 0 heterocycles. The van der Waals surface area contributed by atoms with Crippen LogP contribution in [0, 0.1) is 0 Å². The van der Waals surface area contributed by atoms with Gasteiger partial charge in [-0.05, 0) is 96.3 Å². The molecule has 0 aliphatic heterocycles. The van der Waals surface area contributed by atoms with Crippen LogP contribution in [0.1, 0.15) is 258 Å². The zero-order chi connectivity index (χ0) is 49.3. The van der Waals surface area contributed by atoms with Gasteiger partial charge in [0, 0.05) is 19.3 Å². The summed E-state index contributed by atoms with van der Waals surface area (Å²) in [6, 6.07) is 0. The topological polar surface area (TPSA) is 78.9 Å². The molecule has 0 amide bonds. The maximum atomic E-state index is 12.8. The van der Waals surface area contributed by atoms with E-state index in [9.17, 15) is 14.4 Å². The van der Waals surface area contributed by atoms with Crippen molar-refractivity contribution in [3.05, 3.63) is 97.2 Å². The average Bonchev–Trinajstić information content (AvgIpc) is 3.34. The molecule has 0 rings (SSSR count). The minimum absolute atomic E-state index is 0.0930. The number of allylic oxidation sites excluding steroid dienone is 16. The minimum atomic E-state index is -0.798. The second kappa shape index (κ2) is 55.9. The second-order valence-electron chi connectivity index (χ2n) is 18.4. The molecule has 0 saturated heterocycles. The van der Waals surface area contributed by atoms with E-state index in [-0.39, 0.29) is 37.5 Å². The summed E-state index contributed by atoms with van der Waals surface area (Å²) in [6.07, 6.45) is 74.1. The van der Waals surface area contributed by atoms with Gasteiger partial charge in [0.25, 0.3) is 0 Å². The maximum Gasteiger partial charge on any atom is 0.306 e. The fourth-order valence-corrected chi connectivity index (χ4v) is 7.66. The van der Waals surface area contributed by atoms with E-state index in [1.165, 1.54) is 109 Å². The zero-order valence-corrected chi connectivity index (χ0v) is 44.3. The molecular weight excluding hydrogens is 841 g/mol. The van der Waals surface area contributed by atoms with E-state index in [1.54, 1.807) is 0 Å². The van der Waals surface area contributed by atoms with Crippen LogP contribution >= 0.6 is 0 Å². The molecule has 388 valence electrons. The first-order chi connectivity index (χ1) is 33.5. The van der Waals surface area contributed by atoms with Crippen LogP contribution < -0.4 is 0 Å². The highest BCUT2D eigenvalue weighted by atomic mass is 16.6. The van der Waals surface area contributed by atoms with Crippen LogP contribution in [-0.2, 0) is 28.6 Å². The Morgan fingerprint density at radius 1 is 0.309 bits per heavy atom. The van der Waals surface area contributed by atoms with Crippen LogP contribution in [-0.4, -0.2) is 37.2 Å². The molecular formula is C62H104O6. The third-order valence-electron chi connectivity index (χ3n) is 11.8. The molecule has 0 bridgehead atoms. The van der Waals surface area contributed by atoms with Crippen LogP contribution in [0.4, 0.5) is 0 Å². The lowest BCUT2D eigenvalue weighted by molar-refractivity contribution is -0.167. The third-order valence-corrected chi connectivity index (χ3v) is 11.8. The van der Waals surface area contributed by atoms with E-state index in [0.717, 1.165) is 103 Å². The Labute approximate surface area is 419 Å². The maximum absolute atomic E-state index is 12.8. The lowest BCUT2D eigenvalue weighted by Crippen LogP contribution is -2.30. The molecule has 0 aromatic rings. The standard InChI is InChI=1S/C62H104O6/c1-4-7-10-13-16-19-22-24-26-27-28-29-30-31-32-33-34-35-37-38-40-43-46-49-52-55-61(64)67-58-59(57-66-60(63)54-51-48-45-42-21-18-15-12-9-6-3)68-62(65)56-53-50-47-44-41-39-36-25-23-20-17-14-11-8-5-2/h7-8,10-11,16-17,19-20,24-26,28-29,36,41,44,59H,4-6,9,12-15,18,21-23,27,30-35,37-40,42-43,45-58H2,1-3H3/b10-7-,11-8-,19-16-,20-17-,26-24-,29-28-,36-25-,44-41-. The summed E-state index contributed by atoms with van der Waals surface area (Å²) in [5.74, 6) is -0.936. The number of unbranched alkanes of at least 4 members (excludes halogenated alkanes) is 23. The second-order valence-corrected chi connectivity index (χ2v) is 18.4. The Kier molecular flexibility index (Phi) is 52.9. The Balaban J connectivity index is 4.29. The predicted octanol–water partition coefficient (Wildman–Crippen LogP) is 18.9. The minimum Gasteiger partial charge on any atom is -0.462 e. The quantitative estimate of drug-likeness (QED) is 0.0262. The van der Waals surface area contributed by atoms with E-state index in [2.05, 4.69) is 118 Å². The summed E-state index contributed by atoms with van der Waals surface area (Å²) in [5, 5.41) is 0. The van der Waals surface area contributed by atoms with Crippen molar-refractivity contribution in [3.63, 3.8) is 0 Å². The Bertz CT molecular complexity index is 1360. The van der Waals surface area contributed by atoms with Gasteiger partial charge in [-0.2, -0.15) is 0 Å². The average molecular weight is 946 g/mol. The van der Waals surface area contributed by atoms with Gasteiger partial charge in [-0.3, -0.25) is 14.4 Å². The Hall–Kier alpha value is -3.67. The lowest BCUT2D eigenvalue weighted by Gasteiger charge is -2.18. The molecule has 68 heavy (non-hydrogen) atoms. The van der Waals surface area contributed by atoms with Crippen LogP contribution in [0.15, 0.2) is 97.2 Å². The van der Waals surface area contributed by atoms with Crippen LogP contribution in [0.3, 0.4) is 0 Å². The molecule has 0 N–H and O–H groups in total. The van der Waals surface area contributed by atoms with Gasteiger partial charge < -0.3 is 14.2 Å². The predicted molar refractivity (Wildman–Crippen MR) is 293 cm³/mol. The van der Waals surface area contributed by atoms with Crippen molar-refractivity contribution in [2.24, 2.45) is 0 Å². The third kappa shape index (κ3) is 53.3. The normalized spacial score (nSPS) is 12.8. The van der Waals surface area contributed by atoms with Gasteiger partial charge >= 0.3 is 17.9 Å². The summed E-state index contributed by atoms with van der Waals surface area (Å²) >= 11 is 0. The van der Waals surface area contributed by atoms with E-state index in [0.29, 0.717) is 19.3 Å². The highest BCUT2D eigenvalue weighted by Crippen LogP contribution is 2.15. The van der Waals surface area contributed by atoms with Crippen LogP contribution in [0.5, 0.6) is 0 Å². The summed E-state index contributed by atoms with van der Waals surface area (Å²) < 4.78 is 16.8. The van der Waals surface area contributed by atoms with Gasteiger partial charge in [-0.25, -0.2) is 0 Å². The molecule has 1 atom stereocenters. The molecule has 1 unspecified atom stereocenters. The molecule has 0 radical (unpaired) electrons. The number of rotatable bonds is 50. The van der Waals surface area contributed by atoms with Crippen molar-refractivity contribution >= 4 is 17.9 Å². The Morgan fingerprint density at radius 3 is 0.926 bits per heavy atom. The number of ether oxygens (including phenoxy) is 3. The molecule has 6 nitrogen and oxygen atoms in total. The summed E-state index contributed by atoms with van der Waals surface area (Å²) in [5.41, 5.74) is 0. The van der Waals surface area contributed by atoms with E-state index in [1.807, 2.05) is 0 Å². The number of hydrogen-bond acceptors (Lipinski definition) is 6. The molecule has 0 fully saturated rings. The van der Waals surface area contributed by atoms with Crippen molar-refractivity contribution in [1.82, 2.24) is 0 Å². The fourth-order valence-electron chi connectivity index (χ4n) is 7.66. The number of carbonyl (C=O) groups excluding carboxylic acids is 3. The van der Waals surface area contributed by atoms with Crippen molar-refractivity contribution in [2.45, 2.75) is 264 Å².